The van der Waals surface area contributed by atoms with Crippen molar-refractivity contribution in [1.82, 2.24) is 52.8 Å². The van der Waals surface area contributed by atoms with Gasteiger partial charge in [-0.2, -0.15) is 0 Å². The topological polar surface area (TPSA) is 487 Å². The number of phenolic OH excluding ortho intramolecular Hbond substituents is 1. The molecule has 30 nitrogen and oxygen atoms in total. The first-order valence-electron chi connectivity index (χ1n) is 27.5. The van der Waals surface area contributed by atoms with E-state index >= 15 is 0 Å². The molecule has 0 bridgehead atoms. The van der Waals surface area contributed by atoms with Crippen LogP contribution in [0.2, 0.25) is 0 Å². The Bertz CT molecular complexity index is 2690. The van der Waals surface area contributed by atoms with Crippen LogP contribution in [-0.4, -0.2) is 194 Å². The Balaban J connectivity index is 1.66. The molecule has 30 heteroatoms. The average molecular weight is 1200 g/mol. The van der Waals surface area contributed by atoms with Crippen LogP contribution in [0.15, 0.2) is 54.6 Å². The monoisotopic (exact) mass is 1200 g/mol. The molecule has 1 saturated heterocycles. The molecular formula is C55H80N12O18. The third-order valence-corrected chi connectivity index (χ3v) is 13.6. The maximum atomic E-state index is 14.0. The Labute approximate surface area is 490 Å². The fourth-order valence-electron chi connectivity index (χ4n) is 8.75. The molecule has 0 unspecified atom stereocenters. The first-order valence-corrected chi connectivity index (χ1v) is 27.5. The minimum atomic E-state index is -1.81. The number of rotatable bonds is 34. The Hall–Kier alpha value is -8.77. The summed E-state index contributed by atoms with van der Waals surface area (Å²) in [5, 5.41) is 70.6. The van der Waals surface area contributed by atoms with Gasteiger partial charge in [0.25, 0.3) is 0 Å². The number of nitrogens with zero attached hydrogens (tertiary/aromatic N) is 1. The number of benzene rings is 2. The van der Waals surface area contributed by atoms with E-state index in [0.717, 1.165) is 6.92 Å². The highest BCUT2D eigenvalue weighted by atomic mass is 16.4. The van der Waals surface area contributed by atoms with E-state index in [4.69, 9.17) is 11.5 Å². The number of primary amides is 1. The van der Waals surface area contributed by atoms with Gasteiger partial charge in [-0.05, 0) is 81.0 Å². The highest BCUT2D eigenvalue weighted by Gasteiger charge is 2.42. The van der Waals surface area contributed by atoms with Crippen molar-refractivity contribution in [3.63, 3.8) is 0 Å². The minimum absolute atomic E-state index is 0.0214. The Morgan fingerprint density at radius 2 is 1.13 bits per heavy atom. The number of likely N-dealkylation sites (tertiary alicyclic amines) is 1. The molecule has 1 fully saturated rings. The second kappa shape index (κ2) is 34.1. The molecule has 1 heterocycles. The zero-order chi connectivity index (χ0) is 63.8. The molecule has 468 valence electrons. The average Bonchev–Trinajstić information content (AvgIpc) is 4.14. The van der Waals surface area contributed by atoms with Crippen molar-refractivity contribution < 1.29 is 87.9 Å². The van der Waals surface area contributed by atoms with E-state index in [0.29, 0.717) is 17.5 Å². The first kappa shape index (κ1) is 70.5. The van der Waals surface area contributed by atoms with Crippen molar-refractivity contribution in [2.24, 2.45) is 23.3 Å². The summed E-state index contributed by atoms with van der Waals surface area (Å²) >= 11 is 0. The number of aromatic hydroxyl groups is 1. The second-order valence-electron chi connectivity index (χ2n) is 21.3. The van der Waals surface area contributed by atoms with Gasteiger partial charge in [-0.1, -0.05) is 70.2 Å². The number of aliphatic hydroxyl groups is 2. The number of nitrogens with two attached hydrogens (primary N) is 2. The SMILES string of the molecule is CC(C)[C@H](NC(=O)[C@H](CCC(N)=O)NC(=O)[C@@H](NC(=O)[C@@H]1CCCN1C(=O)[C@@H](NC(=O)[C@@H](N)Cc1ccc(O)cc1)C(C)C)[C@@H](C)O)C(=O)NCC(=O)N[C@@H](CO)C(=O)N[C@@H](CCC(=O)O)C(=O)N[C@@H](C)C(=O)N[C@@H](Cc1ccccc1)C(=O)O. The molecule has 0 saturated carbocycles. The van der Waals surface area contributed by atoms with E-state index in [1.54, 1.807) is 56.3 Å². The van der Waals surface area contributed by atoms with Crippen LogP contribution in [0.5, 0.6) is 5.75 Å². The number of phenols is 1. The molecule has 11 amide bonds. The van der Waals surface area contributed by atoms with Crippen LogP contribution in [0, 0.1) is 11.8 Å². The number of aliphatic carboxylic acids is 2. The highest BCUT2D eigenvalue weighted by molar-refractivity contribution is 5.99. The van der Waals surface area contributed by atoms with Crippen LogP contribution < -0.4 is 59.3 Å². The van der Waals surface area contributed by atoms with Gasteiger partial charge in [0, 0.05) is 25.8 Å². The lowest BCUT2D eigenvalue weighted by molar-refractivity contribution is -0.143. The van der Waals surface area contributed by atoms with Crippen molar-refractivity contribution >= 4 is 76.9 Å². The summed E-state index contributed by atoms with van der Waals surface area (Å²) in [5.74, 6) is -14.4. The molecule has 11 atom stereocenters. The van der Waals surface area contributed by atoms with Gasteiger partial charge in [0.1, 0.15) is 60.1 Å². The number of carboxylic acids is 2. The van der Waals surface area contributed by atoms with Gasteiger partial charge in [-0.25, -0.2) is 4.79 Å². The van der Waals surface area contributed by atoms with Crippen LogP contribution in [0.3, 0.4) is 0 Å². The fraction of sp³-hybridized carbons (Fsp3) is 0.545. The van der Waals surface area contributed by atoms with Crippen molar-refractivity contribution in [2.75, 3.05) is 19.7 Å². The number of carbonyl (C=O) groups is 13. The molecule has 0 spiro atoms. The molecule has 0 radical (unpaired) electrons. The summed E-state index contributed by atoms with van der Waals surface area (Å²) in [6, 6.07) is -0.145. The largest absolute Gasteiger partial charge is 0.508 e. The number of hydrogen-bond donors (Lipinski definition) is 16. The first-order chi connectivity index (χ1) is 39.9. The summed E-state index contributed by atoms with van der Waals surface area (Å²) in [6.07, 6.45) is -3.32. The summed E-state index contributed by atoms with van der Waals surface area (Å²) < 4.78 is 0. The number of carbonyl (C=O) groups excluding carboxylic acids is 11. The number of nitrogens with one attached hydrogen (secondary N) is 9. The number of hydrogen-bond acceptors (Lipinski definition) is 17. The summed E-state index contributed by atoms with van der Waals surface area (Å²) in [7, 11) is 0. The molecule has 3 rings (SSSR count). The van der Waals surface area contributed by atoms with E-state index in [-0.39, 0.29) is 31.6 Å². The zero-order valence-electron chi connectivity index (χ0n) is 48.1. The highest BCUT2D eigenvalue weighted by Crippen LogP contribution is 2.22. The maximum absolute atomic E-state index is 14.0. The van der Waals surface area contributed by atoms with Crippen LogP contribution >= 0.6 is 0 Å². The third kappa shape index (κ3) is 23.1. The lowest BCUT2D eigenvalue weighted by Gasteiger charge is -2.32. The molecule has 2 aromatic carbocycles. The van der Waals surface area contributed by atoms with Crippen LogP contribution in [0.4, 0.5) is 0 Å². The fourth-order valence-corrected chi connectivity index (χ4v) is 8.75. The predicted molar refractivity (Wildman–Crippen MR) is 300 cm³/mol. The van der Waals surface area contributed by atoms with Crippen LogP contribution in [0.1, 0.15) is 91.2 Å². The molecule has 0 aliphatic carbocycles. The van der Waals surface area contributed by atoms with Crippen molar-refractivity contribution in [3.05, 3.63) is 65.7 Å². The molecule has 85 heavy (non-hydrogen) atoms. The Morgan fingerprint density at radius 3 is 1.68 bits per heavy atom. The number of aliphatic hydroxyl groups excluding tert-OH is 2. The molecule has 1 aliphatic heterocycles. The van der Waals surface area contributed by atoms with Gasteiger partial charge in [0.05, 0.1) is 25.3 Å². The lowest BCUT2D eigenvalue weighted by atomic mass is 10.00. The van der Waals surface area contributed by atoms with Crippen molar-refractivity contribution in [2.45, 2.75) is 159 Å². The lowest BCUT2D eigenvalue weighted by Crippen LogP contribution is -2.62. The van der Waals surface area contributed by atoms with E-state index < -0.39 is 194 Å². The molecule has 0 aromatic heterocycles. The van der Waals surface area contributed by atoms with Gasteiger partial charge in [-0.3, -0.25) is 57.5 Å². The molecular weight excluding hydrogens is 1120 g/mol. The quantitative estimate of drug-likeness (QED) is 0.0314. The molecule has 2 aromatic rings. The maximum Gasteiger partial charge on any atom is 0.326 e. The predicted octanol–water partition coefficient (Wildman–Crippen LogP) is -4.59. The van der Waals surface area contributed by atoms with Crippen LogP contribution in [0.25, 0.3) is 0 Å². The second-order valence-corrected chi connectivity index (χ2v) is 21.3. The van der Waals surface area contributed by atoms with Gasteiger partial charge in [0.2, 0.25) is 65.0 Å². The zero-order valence-corrected chi connectivity index (χ0v) is 48.1. The van der Waals surface area contributed by atoms with E-state index in [1.807, 2.05) is 0 Å². The third-order valence-electron chi connectivity index (χ3n) is 13.6. The Kier molecular flexibility index (Phi) is 28.3. The Morgan fingerprint density at radius 1 is 0.588 bits per heavy atom. The smallest absolute Gasteiger partial charge is 0.326 e. The summed E-state index contributed by atoms with van der Waals surface area (Å²) in [4.78, 5) is 172. The van der Waals surface area contributed by atoms with Crippen molar-refractivity contribution in [1.29, 1.82) is 0 Å². The van der Waals surface area contributed by atoms with E-state index in [1.165, 1.54) is 37.8 Å². The van der Waals surface area contributed by atoms with E-state index in [9.17, 15) is 87.9 Å². The summed E-state index contributed by atoms with van der Waals surface area (Å²) in [6.45, 7) is 6.84. The normalized spacial score (nSPS) is 16.5. The minimum Gasteiger partial charge on any atom is -0.508 e. The van der Waals surface area contributed by atoms with Crippen molar-refractivity contribution in [3.8, 4) is 5.75 Å². The summed E-state index contributed by atoms with van der Waals surface area (Å²) in [5.41, 5.74) is 12.8. The standard InChI is InChI=1S/C55H80N12O18/c1-27(2)43(52(81)58-25-41(72)60-38(26-68)50(79)61-36(19-21-42(73)74)48(77)59-29(5)46(75)63-37(55(84)85)24-31-11-8-7-9-12-31)64-49(78)35(18-20-40(57)71)62-53(82)45(30(6)69)66-51(80)39-13-10-22-67(39)54(83)44(28(3)4)65-47(76)34(56)23-32-14-16-33(70)17-15-32/h7-9,11-12,14-17,27-30,34-39,43-45,68-70H,10,13,18-26,56H2,1-6H3,(H2,57,71)(H,58,81)(H,59,77)(H,60,72)(H,61,79)(H,62,82)(H,63,75)(H,64,78)(H,65,76)(H,66,80)(H,73,74)(H,84,85)/t29-,30+,34-,35-,36-,37-,38-,39-,43-,44-,45-/m0/s1. The molecule has 1 aliphatic rings. The number of carboxylic acid groups (broad SMARTS) is 2. The van der Waals surface area contributed by atoms with Gasteiger partial charge in [-0.15, -0.1) is 0 Å². The van der Waals surface area contributed by atoms with Gasteiger partial charge >= 0.3 is 11.9 Å². The van der Waals surface area contributed by atoms with Gasteiger partial charge in [0.15, 0.2) is 0 Å². The number of amides is 11. The molecule has 18 N–H and O–H groups in total. The van der Waals surface area contributed by atoms with Gasteiger partial charge < -0.3 is 89.8 Å². The van der Waals surface area contributed by atoms with Crippen LogP contribution in [-0.2, 0) is 75.2 Å². The van der Waals surface area contributed by atoms with E-state index in [2.05, 4.69) is 47.9 Å².